The van der Waals surface area contributed by atoms with Gasteiger partial charge in [0, 0.05) is 25.7 Å². The van der Waals surface area contributed by atoms with E-state index in [1.165, 1.54) is 18.7 Å². The van der Waals surface area contributed by atoms with Crippen LogP contribution in [0.3, 0.4) is 0 Å². The molecule has 0 saturated carbocycles. The number of carboxylic acids is 1. The minimum absolute atomic E-state index is 0.0987. The normalized spacial score (nSPS) is 25.8. The van der Waals surface area contributed by atoms with E-state index in [0.29, 0.717) is 19.5 Å². The van der Waals surface area contributed by atoms with Gasteiger partial charge in [0.1, 0.15) is 5.41 Å². The van der Waals surface area contributed by atoms with Crippen LogP contribution in [0.1, 0.15) is 25.8 Å². The molecular weight excluding hydrogens is 342 g/mol. The number of likely N-dealkylation sites (tertiary alicyclic amines) is 2. The van der Waals surface area contributed by atoms with E-state index in [1.807, 2.05) is 30.3 Å². The summed E-state index contributed by atoms with van der Waals surface area (Å²) in [5.41, 5.74) is -0.626. The van der Waals surface area contributed by atoms with Gasteiger partial charge < -0.3 is 10.0 Å². The summed E-state index contributed by atoms with van der Waals surface area (Å²) in [5, 5.41) is 9.23. The molecule has 1 amide bonds. The van der Waals surface area contributed by atoms with Gasteiger partial charge in [-0.05, 0) is 25.8 Å². The lowest BCUT2D eigenvalue weighted by molar-refractivity contribution is -0.160. The number of fused-ring (bicyclic) bond motifs is 1. The average molecular weight is 366 g/mol. The molecule has 1 aromatic carbocycles. The van der Waals surface area contributed by atoms with E-state index in [-0.39, 0.29) is 19.1 Å². The van der Waals surface area contributed by atoms with Crippen LogP contribution in [0, 0.1) is 11.3 Å². The van der Waals surface area contributed by atoms with E-state index in [2.05, 4.69) is 0 Å². The molecule has 7 heteroatoms. The molecule has 0 spiro atoms. The van der Waals surface area contributed by atoms with Gasteiger partial charge in [-0.25, -0.2) is 8.78 Å². The van der Waals surface area contributed by atoms with E-state index >= 15 is 0 Å². The Balaban J connectivity index is 1.74. The van der Waals surface area contributed by atoms with Gasteiger partial charge >= 0.3 is 5.97 Å². The molecule has 0 aliphatic carbocycles. The fourth-order valence-corrected chi connectivity index (χ4v) is 3.96. The third-order valence-electron chi connectivity index (χ3n) is 5.59. The molecular formula is C19H24F2N2O3. The quantitative estimate of drug-likeness (QED) is 0.832. The van der Waals surface area contributed by atoms with Crippen LogP contribution < -0.4 is 0 Å². The van der Waals surface area contributed by atoms with Crippen molar-refractivity contribution >= 4 is 11.9 Å². The van der Waals surface area contributed by atoms with Crippen molar-refractivity contribution in [3.05, 3.63) is 35.9 Å². The van der Waals surface area contributed by atoms with Gasteiger partial charge in [0.25, 0.3) is 5.92 Å². The molecule has 142 valence electrons. The van der Waals surface area contributed by atoms with Crippen molar-refractivity contribution in [2.75, 3.05) is 19.6 Å². The fourth-order valence-electron chi connectivity index (χ4n) is 3.96. The van der Waals surface area contributed by atoms with Crippen LogP contribution in [-0.4, -0.2) is 58.4 Å². The molecule has 2 aliphatic heterocycles. The number of piperidine rings is 1. The number of aliphatic carboxylic acids is 1. The molecule has 0 unspecified atom stereocenters. The van der Waals surface area contributed by atoms with E-state index in [0.717, 1.165) is 5.56 Å². The highest BCUT2D eigenvalue weighted by molar-refractivity contribution is 6.01. The van der Waals surface area contributed by atoms with Gasteiger partial charge in [-0.3, -0.25) is 14.5 Å². The maximum absolute atomic E-state index is 14.6. The van der Waals surface area contributed by atoms with Crippen molar-refractivity contribution < 1.29 is 23.5 Å². The first-order valence-corrected chi connectivity index (χ1v) is 8.81. The minimum atomic E-state index is -2.90. The lowest BCUT2D eigenvalue weighted by Crippen LogP contribution is -2.54. The molecule has 3 rings (SSSR count). The maximum Gasteiger partial charge on any atom is 0.318 e. The summed E-state index contributed by atoms with van der Waals surface area (Å²) < 4.78 is 29.3. The van der Waals surface area contributed by atoms with Crippen molar-refractivity contribution in [1.29, 1.82) is 0 Å². The molecule has 26 heavy (non-hydrogen) atoms. The molecule has 2 saturated heterocycles. The number of nitrogens with zero attached hydrogens (tertiary/aromatic N) is 2. The Morgan fingerprint density at radius 3 is 2.54 bits per heavy atom. The molecule has 2 fully saturated rings. The number of benzene rings is 1. The van der Waals surface area contributed by atoms with Crippen molar-refractivity contribution in [2.45, 2.75) is 38.8 Å². The highest BCUT2D eigenvalue weighted by Crippen LogP contribution is 2.43. The zero-order valence-corrected chi connectivity index (χ0v) is 15.0. The summed E-state index contributed by atoms with van der Waals surface area (Å²) >= 11 is 0. The molecule has 0 radical (unpaired) electrons. The Labute approximate surface area is 151 Å². The summed E-state index contributed by atoms with van der Waals surface area (Å²) in [6, 6.07) is 9.19. The Morgan fingerprint density at radius 2 is 1.92 bits per heavy atom. The molecule has 1 N–H and O–H groups in total. The maximum atomic E-state index is 14.6. The summed E-state index contributed by atoms with van der Waals surface area (Å²) in [6.45, 7) is 2.96. The van der Waals surface area contributed by atoms with E-state index < -0.39 is 29.1 Å². The summed E-state index contributed by atoms with van der Waals surface area (Å²) in [6.07, 6.45) is 0.425. The largest absolute Gasteiger partial charge is 0.480 e. The second-order valence-electron chi connectivity index (χ2n) is 7.80. The SMILES string of the molecule is CC(C)(C(=O)O)C(=O)N1CC[C@@H]2[C@H](C1)C(F)(F)CN2Cc1ccccc1. The Kier molecular flexibility index (Phi) is 4.77. The van der Waals surface area contributed by atoms with E-state index in [1.54, 1.807) is 4.90 Å². The zero-order valence-electron chi connectivity index (χ0n) is 15.0. The molecule has 0 bridgehead atoms. The molecule has 2 aliphatic rings. The molecule has 0 aromatic heterocycles. The standard InChI is InChI=1S/C19H24F2N2O3/c1-18(2,17(25)26)16(24)22-9-8-15-14(11-22)19(20,21)12-23(15)10-13-6-4-3-5-7-13/h3-7,14-15H,8-12H2,1-2H3,(H,25,26)/t14-,15+/m0/s1. The van der Waals surface area contributed by atoms with E-state index in [9.17, 15) is 23.5 Å². The van der Waals surface area contributed by atoms with Crippen molar-refractivity contribution in [1.82, 2.24) is 9.80 Å². The lowest BCUT2D eigenvalue weighted by Gasteiger charge is -2.40. The first-order valence-electron chi connectivity index (χ1n) is 8.81. The van der Waals surface area contributed by atoms with Gasteiger partial charge in [0.05, 0.1) is 12.5 Å². The van der Waals surface area contributed by atoms with Crippen LogP contribution in [0.4, 0.5) is 8.78 Å². The number of hydrogen-bond donors (Lipinski definition) is 1. The Hall–Kier alpha value is -2.02. The number of carbonyl (C=O) groups excluding carboxylic acids is 1. The Bertz CT molecular complexity index is 693. The number of rotatable bonds is 4. The molecule has 1 aromatic rings. The first kappa shape index (κ1) is 18.8. The zero-order chi connectivity index (χ0) is 19.1. The monoisotopic (exact) mass is 366 g/mol. The first-order chi connectivity index (χ1) is 12.1. The lowest BCUT2D eigenvalue weighted by atomic mass is 9.86. The highest BCUT2D eigenvalue weighted by Gasteiger charge is 2.57. The number of halogens is 2. The average Bonchev–Trinajstić information content (AvgIpc) is 2.85. The van der Waals surface area contributed by atoms with Crippen molar-refractivity contribution in [3.8, 4) is 0 Å². The third-order valence-corrected chi connectivity index (χ3v) is 5.59. The molecule has 2 atom stereocenters. The van der Waals surface area contributed by atoms with Gasteiger partial charge in [0.15, 0.2) is 0 Å². The second kappa shape index (κ2) is 6.61. The number of alkyl halides is 2. The molecule has 5 nitrogen and oxygen atoms in total. The second-order valence-corrected chi connectivity index (χ2v) is 7.80. The van der Waals surface area contributed by atoms with Gasteiger partial charge in [-0.1, -0.05) is 30.3 Å². The van der Waals surface area contributed by atoms with Crippen LogP contribution in [0.5, 0.6) is 0 Å². The third kappa shape index (κ3) is 3.32. The van der Waals surface area contributed by atoms with E-state index in [4.69, 9.17) is 0 Å². The van der Waals surface area contributed by atoms with Gasteiger partial charge in [0.2, 0.25) is 5.91 Å². The van der Waals surface area contributed by atoms with Crippen LogP contribution in [0.2, 0.25) is 0 Å². The van der Waals surface area contributed by atoms with Crippen LogP contribution >= 0.6 is 0 Å². The van der Waals surface area contributed by atoms with Crippen LogP contribution in [-0.2, 0) is 16.1 Å². The summed E-state index contributed by atoms with van der Waals surface area (Å²) in [7, 11) is 0. The van der Waals surface area contributed by atoms with Crippen molar-refractivity contribution in [3.63, 3.8) is 0 Å². The minimum Gasteiger partial charge on any atom is -0.480 e. The number of amides is 1. The number of carboxylic acid groups (broad SMARTS) is 1. The van der Waals surface area contributed by atoms with Crippen molar-refractivity contribution in [2.24, 2.45) is 11.3 Å². The summed E-state index contributed by atoms with van der Waals surface area (Å²) in [4.78, 5) is 26.9. The Morgan fingerprint density at radius 1 is 1.27 bits per heavy atom. The highest BCUT2D eigenvalue weighted by atomic mass is 19.3. The van der Waals surface area contributed by atoms with Gasteiger partial charge in [-0.2, -0.15) is 0 Å². The summed E-state index contributed by atoms with van der Waals surface area (Å²) in [5.74, 6) is -5.70. The topological polar surface area (TPSA) is 60.9 Å². The smallest absolute Gasteiger partial charge is 0.318 e. The number of carbonyl (C=O) groups is 2. The van der Waals surface area contributed by atoms with Crippen LogP contribution in [0.25, 0.3) is 0 Å². The van der Waals surface area contributed by atoms with Gasteiger partial charge in [-0.15, -0.1) is 0 Å². The molecule has 2 heterocycles. The number of hydrogen-bond acceptors (Lipinski definition) is 3. The fraction of sp³-hybridized carbons (Fsp3) is 0.579. The van der Waals surface area contributed by atoms with Crippen LogP contribution in [0.15, 0.2) is 30.3 Å². The predicted molar refractivity (Wildman–Crippen MR) is 91.7 cm³/mol. The predicted octanol–water partition coefficient (Wildman–Crippen LogP) is 2.47.